The zero-order valence-electron chi connectivity index (χ0n) is 15.9. The minimum atomic E-state index is 0.497. The number of benzene rings is 4. The van der Waals surface area contributed by atoms with Crippen LogP contribution in [0, 0.1) is 5.92 Å². The highest BCUT2D eigenvalue weighted by Gasteiger charge is 2.21. The summed E-state index contributed by atoms with van der Waals surface area (Å²) in [6.07, 6.45) is 2.17. The average Bonchev–Trinajstić information content (AvgIpc) is 2.73. The van der Waals surface area contributed by atoms with Gasteiger partial charge in [0.2, 0.25) is 0 Å². The minimum Gasteiger partial charge on any atom is -0.0622 e. The molecular weight excluding hydrogens is 324 g/mol. The van der Waals surface area contributed by atoms with Crippen LogP contribution in [0.1, 0.15) is 29.5 Å². The molecule has 0 saturated carbocycles. The van der Waals surface area contributed by atoms with Gasteiger partial charge in [0.05, 0.1) is 0 Å². The van der Waals surface area contributed by atoms with Gasteiger partial charge in [-0.3, -0.25) is 0 Å². The highest BCUT2D eigenvalue weighted by Crippen LogP contribution is 2.33. The van der Waals surface area contributed by atoms with E-state index >= 15 is 0 Å². The first kappa shape index (κ1) is 17.5. The van der Waals surface area contributed by atoms with Gasteiger partial charge in [0.25, 0.3) is 0 Å². The maximum atomic E-state index is 2.40. The van der Waals surface area contributed by atoms with E-state index in [9.17, 15) is 0 Å². The third kappa shape index (κ3) is 4.11. The van der Waals surface area contributed by atoms with Crippen LogP contribution in [0.15, 0.2) is 103 Å². The van der Waals surface area contributed by atoms with E-state index in [1.54, 1.807) is 0 Å². The molecule has 0 N–H and O–H groups in total. The van der Waals surface area contributed by atoms with Crippen molar-refractivity contribution in [1.29, 1.82) is 0 Å². The molecule has 4 rings (SSSR count). The zero-order chi connectivity index (χ0) is 18.5. The van der Waals surface area contributed by atoms with Crippen molar-refractivity contribution in [2.75, 3.05) is 0 Å². The fraction of sp³-hybridized carbons (Fsp3) is 0.185. The first-order valence-electron chi connectivity index (χ1n) is 9.87. The van der Waals surface area contributed by atoms with E-state index in [0.717, 1.165) is 12.8 Å². The lowest BCUT2D eigenvalue weighted by Gasteiger charge is -2.25. The van der Waals surface area contributed by atoms with Gasteiger partial charge in [0.1, 0.15) is 0 Å². The molecule has 0 bridgehead atoms. The summed E-state index contributed by atoms with van der Waals surface area (Å²) in [5, 5.41) is 2.71. The van der Waals surface area contributed by atoms with Gasteiger partial charge in [-0.05, 0) is 52.1 Å². The Hall–Kier alpha value is -2.86. The SMILES string of the molecule is CC(Cc1ccccc1)C(Cc1cccc2ccccc12)c1ccccc1. The molecule has 0 heteroatoms. The maximum Gasteiger partial charge on any atom is -0.00924 e. The van der Waals surface area contributed by atoms with Crippen molar-refractivity contribution in [3.8, 4) is 0 Å². The molecule has 2 atom stereocenters. The van der Waals surface area contributed by atoms with Crippen LogP contribution in [0.4, 0.5) is 0 Å². The number of fused-ring (bicyclic) bond motifs is 1. The molecule has 0 radical (unpaired) electrons. The van der Waals surface area contributed by atoms with E-state index in [0.29, 0.717) is 11.8 Å². The van der Waals surface area contributed by atoms with Crippen LogP contribution in [0.25, 0.3) is 10.8 Å². The largest absolute Gasteiger partial charge is 0.0622 e. The van der Waals surface area contributed by atoms with Crippen molar-refractivity contribution in [3.05, 3.63) is 120 Å². The summed E-state index contributed by atoms with van der Waals surface area (Å²) in [5.74, 6) is 1.06. The van der Waals surface area contributed by atoms with Crippen molar-refractivity contribution >= 4 is 10.8 Å². The number of hydrogen-bond donors (Lipinski definition) is 0. The Kier molecular flexibility index (Phi) is 5.34. The smallest absolute Gasteiger partial charge is 0.00924 e. The Morgan fingerprint density at radius 2 is 1.22 bits per heavy atom. The highest BCUT2D eigenvalue weighted by molar-refractivity contribution is 5.85. The third-order valence-corrected chi connectivity index (χ3v) is 5.63. The van der Waals surface area contributed by atoms with Crippen LogP contribution < -0.4 is 0 Å². The Balaban J connectivity index is 1.68. The van der Waals surface area contributed by atoms with E-state index in [-0.39, 0.29) is 0 Å². The predicted octanol–water partition coefficient (Wildman–Crippen LogP) is 7.04. The quantitative estimate of drug-likeness (QED) is 0.350. The van der Waals surface area contributed by atoms with Crippen molar-refractivity contribution in [1.82, 2.24) is 0 Å². The van der Waals surface area contributed by atoms with Crippen LogP contribution in [-0.2, 0) is 12.8 Å². The Labute approximate surface area is 162 Å². The fourth-order valence-corrected chi connectivity index (χ4v) is 4.18. The molecule has 0 nitrogen and oxygen atoms in total. The van der Waals surface area contributed by atoms with Gasteiger partial charge in [-0.15, -0.1) is 0 Å². The van der Waals surface area contributed by atoms with Gasteiger partial charge in [0, 0.05) is 0 Å². The van der Waals surface area contributed by atoms with Gasteiger partial charge >= 0.3 is 0 Å². The van der Waals surface area contributed by atoms with E-state index in [1.807, 2.05) is 0 Å². The first-order chi connectivity index (χ1) is 13.3. The maximum absolute atomic E-state index is 2.40. The lowest BCUT2D eigenvalue weighted by Crippen LogP contribution is -2.15. The fourth-order valence-electron chi connectivity index (χ4n) is 4.18. The third-order valence-electron chi connectivity index (χ3n) is 5.63. The van der Waals surface area contributed by atoms with Gasteiger partial charge < -0.3 is 0 Å². The van der Waals surface area contributed by atoms with Gasteiger partial charge in [-0.2, -0.15) is 0 Å². The Morgan fingerprint density at radius 3 is 2.00 bits per heavy atom. The number of hydrogen-bond acceptors (Lipinski definition) is 0. The Bertz CT molecular complexity index is 981. The van der Waals surface area contributed by atoms with Crippen LogP contribution in [0.5, 0.6) is 0 Å². The molecule has 27 heavy (non-hydrogen) atoms. The van der Waals surface area contributed by atoms with Crippen LogP contribution in [0.3, 0.4) is 0 Å². The lowest BCUT2D eigenvalue weighted by atomic mass is 9.79. The molecule has 0 saturated heterocycles. The van der Waals surface area contributed by atoms with E-state index in [4.69, 9.17) is 0 Å². The van der Waals surface area contributed by atoms with Crippen molar-refractivity contribution in [2.24, 2.45) is 5.92 Å². The van der Waals surface area contributed by atoms with Crippen LogP contribution in [-0.4, -0.2) is 0 Å². The second-order valence-electron chi connectivity index (χ2n) is 7.53. The molecule has 0 aliphatic rings. The normalized spacial score (nSPS) is 13.4. The van der Waals surface area contributed by atoms with Gasteiger partial charge in [-0.1, -0.05) is 110 Å². The van der Waals surface area contributed by atoms with Gasteiger partial charge in [0.15, 0.2) is 0 Å². The average molecular weight is 351 g/mol. The molecule has 0 fully saturated rings. The second-order valence-corrected chi connectivity index (χ2v) is 7.53. The zero-order valence-corrected chi connectivity index (χ0v) is 15.9. The highest BCUT2D eigenvalue weighted by atomic mass is 14.2. The van der Waals surface area contributed by atoms with Crippen LogP contribution in [0.2, 0.25) is 0 Å². The number of rotatable bonds is 6. The van der Waals surface area contributed by atoms with E-state index < -0.39 is 0 Å². The Morgan fingerprint density at radius 1 is 0.593 bits per heavy atom. The lowest BCUT2D eigenvalue weighted by molar-refractivity contribution is 0.454. The summed E-state index contributed by atoms with van der Waals surface area (Å²) in [4.78, 5) is 0. The minimum absolute atomic E-state index is 0.497. The van der Waals surface area contributed by atoms with Crippen molar-refractivity contribution in [3.63, 3.8) is 0 Å². The van der Waals surface area contributed by atoms with Crippen molar-refractivity contribution in [2.45, 2.75) is 25.7 Å². The molecule has 4 aromatic rings. The van der Waals surface area contributed by atoms with Crippen LogP contribution >= 0.6 is 0 Å². The predicted molar refractivity (Wildman–Crippen MR) is 116 cm³/mol. The van der Waals surface area contributed by atoms with Gasteiger partial charge in [-0.25, -0.2) is 0 Å². The topological polar surface area (TPSA) is 0 Å². The molecule has 4 aromatic carbocycles. The molecule has 0 aliphatic carbocycles. The standard InChI is InChI=1S/C27H26/c1-21(19-22-11-4-2-5-12-22)27(24-13-6-3-7-14-24)20-25-17-10-16-23-15-8-9-18-26(23)25/h2-18,21,27H,19-20H2,1H3. The second kappa shape index (κ2) is 8.22. The summed E-state index contributed by atoms with van der Waals surface area (Å²) in [6, 6.07) is 37.4. The molecule has 0 amide bonds. The molecule has 0 heterocycles. The van der Waals surface area contributed by atoms with Crippen molar-refractivity contribution < 1.29 is 0 Å². The molecule has 0 spiro atoms. The molecule has 0 aromatic heterocycles. The monoisotopic (exact) mass is 350 g/mol. The summed E-state index contributed by atoms with van der Waals surface area (Å²) >= 11 is 0. The summed E-state index contributed by atoms with van der Waals surface area (Å²) in [5.41, 5.74) is 4.31. The molecule has 134 valence electrons. The van der Waals surface area contributed by atoms with E-state index in [1.165, 1.54) is 27.5 Å². The first-order valence-corrected chi connectivity index (χ1v) is 9.87. The molecule has 0 aliphatic heterocycles. The molecular formula is C27H26. The summed E-state index contributed by atoms with van der Waals surface area (Å²) in [7, 11) is 0. The molecule has 2 unspecified atom stereocenters. The van der Waals surface area contributed by atoms with E-state index in [2.05, 4.69) is 110 Å². The summed E-state index contributed by atoms with van der Waals surface area (Å²) in [6.45, 7) is 2.40. The summed E-state index contributed by atoms with van der Waals surface area (Å²) < 4.78 is 0.